The van der Waals surface area contributed by atoms with E-state index in [-0.39, 0.29) is 0 Å². The summed E-state index contributed by atoms with van der Waals surface area (Å²) >= 11 is 0. The van der Waals surface area contributed by atoms with Crippen LogP contribution in [0.15, 0.2) is 36.4 Å². The van der Waals surface area contributed by atoms with Gasteiger partial charge in [0, 0.05) is 31.4 Å². The van der Waals surface area contributed by atoms with Crippen LogP contribution in [0.2, 0.25) is 0 Å². The third-order valence-corrected chi connectivity index (χ3v) is 5.64. The summed E-state index contributed by atoms with van der Waals surface area (Å²) in [6.07, 6.45) is 3.52. The van der Waals surface area contributed by atoms with Gasteiger partial charge in [-0.15, -0.1) is 0 Å². The maximum atomic E-state index is 5.43. The van der Waals surface area contributed by atoms with Crippen LogP contribution in [0.4, 0.5) is 0 Å². The monoisotopic (exact) mass is 383 g/mol. The number of likely N-dealkylation sites (N-methyl/N-ethyl adjacent to an activating group) is 1. The van der Waals surface area contributed by atoms with E-state index in [1.165, 1.54) is 24.1 Å². The molecule has 0 N–H and O–H groups in total. The molecular weight excluding hydrogens is 350 g/mol. The predicted octanol–water partition coefficient (Wildman–Crippen LogP) is 3.55. The third kappa shape index (κ3) is 5.46. The van der Waals surface area contributed by atoms with Crippen molar-refractivity contribution < 1.29 is 9.47 Å². The first-order chi connectivity index (χ1) is 13.6. The summed E-state index contributed by atoms with van der Waals surface area (Å²) < 4.78 is 10.8. The van der Waals surface area contributed by atoms with E-state index in [9.17, 15) is 0 Å². The summed E-state index contributed by atoms with van der Waals surface area (Å²) in [5.41, 5.74) is 3.55. The van der Waals surface area contributed by atoms with E-state index in [0.717, 1.165) is 49.8 Å². The molecule has 1 saturated heterocycles. The summed E-state index contributed by atoms with van der Waals surface area (Å²) in [5, 5.41) is 0. The van der Waals surface area contributed by atoms with Gasteiger partial charge in [-0.05, 0) is 69.6 Å². The van der Waals surface area contributed by atoms with Crippen molar-refractivity contribution in [1.29, 1.82) is 0 Å². The molecule has 0 aliphatic carbocycles. The number of likely N-dealkylation sites (tertiary alicyclic amines) is 1. The summed E-state index contributed by atoms with van der Waals surface area (Å²) in [4.78, 5) is 9.72. The molecule has 1 aliphatic rings. The molecule has 0 spiro atoms. The second-order valence-corrected chi connectivity index (χ2v) is 7.72. The number of pyridine rings is 1. The van der Waals surface area contributed by atoms with Gasteiger partial charge in [-0.2, -0.15) is 0 Å². The maximum Gasteiger partial charge on any atom is 0.160 e. The number of hydrogen-bond donors (Lipinski definition) is 0. The fraction of sp³-hybridized carbons (Fsp3) is 0.522. The van der Waals surface area contributed by atoms with Crippen molar-refractivity contribution in [3.05, 3.63) is 53.3 Å². The van der Waals surface area contributed by atoms with Gasteiger partial charge in [0.2, 0.25) is 0 Å². The number of aryl methyl sites for hydroxylation is 1. The highest BCUT2D eigenvalue weighted by molar-refractivity contribution is 5.42. The van der Waals surface area contributed by atoms with Crippen molar-refractivity contribution in [3.63, 3.8) is 0 Å². The second kappa shape index (κ2) is 9.89. The number of rotatable bonds is 8. The lowest BCUT2D eigenvalue weighted by Crippen LogP contribution is -2.46. The first-order valence-corrected chi connectivity index (χ1v) is 10.1. The van der Waals surface area contributed by atoms with Crippen LogP contribution in [-0.2, 0) is 13.0 Å². The zero-order valence-electron chi connectivity index (χ0n) is 17.6. The van der Waals surface area contributed by atoms with Crippen LogP contribution < -0.4 is 9.47 Å². The molecule has 2 aromatic rings. The maximum absolute atomic E-state index is 5.43. The molecule has 1 aromatic carbocycles. The number of benzene rings is 1. The minimum atomic E-state index is 0.596. The zero-order valence-corrected chi connectivity index (χ0v) is 17.6. The van der Waals surface area contributed by atoms with Crippen molar-refractivity contribution >= 4 is 0 Å². The van der Waals surface area contributed by atoms with E-state index in [0.29, 0.717) is 6.04 Å². The fourth-order valence-corrected chi connectivity index (χ4v) is 3.98. The number of nitrogens with zero attached hydrogens (tertiary/aromatic N) is 3. The molecule has 0 saturated carbocycles. The van der Waals surface area contributed by atoms with Gasteiger partial charge in [0.25, 0.3) is 0 Å². The predicted molar refractivity (Wildman–Crippen MR) is 113 cm³/mol. The Balaban J connectivity index is 1.53. The molecule has 1 aliphatic heterocycles. The summed E-state index contributed by atoms with van der Waals surface area (Å²) in [6.45, 7) is 6.32. The van der Waals surface area contributed by atoms with Gasteiger partial charge in [-0.25, -0.2) is 0 Å². The molecule has 1 unspecified atom stereocenters. The van der Waals surface area contributed by atoms with Crippen LogP contribution in [-0.4, -0.2) is 61.7 Å². The van der Waals surface area contributed by atoms with E-state index in [1.54, 1.807) is 14.2 Å². The Morgan fingerprint density at radius 1 is 1.14 bits per heavy atom. The number of aromatic nitrogens is 1. The van der Waals surface area contributed by atoms with Gasteiger partial charge < -0.3 is 14.4 Å². The molecule has 152 valence electrons. The summed E-state index contributed by atoms with van der Waals surface area (Å²) in [6, 6.07) is 13.1. The zero-order chi connectivity index (χ0) is 19.9. The molecule has 1 fully saturated rings. The van der Waals surface area contributed by atoms with E-state index < -0.39 is 0 Å². The molecular formula is C23H33N3O2. The van der Waals surface area contributed by atoms with Crippen LogP contribution in [0.25, 0.3) is 0 Å². The minimum Gasteiger partial charge on any atom is -0.493 e. The molecule has 1 atom stereocenters. The van der Waals surface area contributed by atoms with E-state index >= 15 is 0 Å². The van der Waals surface area contributed by atoms with Gasteiger partial charge in [-0.3, -0.25) is 9.88 Å². The van der Waals surface area contributed by atoms with Gasteiger partial charge in [-0.1, -0.05) is 12.1 Å². The van der Waals surface area contributed by atoms with Crippen molar-refractivity contribution in [2.24, 2.45) is 0 Å². The molecule has 5 nitrogen and oxygen atoms in total. The SMILES string of the molecule is COc1ccc(CCN(C)C2CCCN(Cc3cccc(C)n3)C2)cc1OC. The van der Waals surface area contributed by atoms with Crippen molar-refractivity contribution in [2.45, 2.75) is 38.8 Å². The van der Waals surface area contributed by atoms with Gasteiger partial charge in [0.05, 0.1) is 19.9 Å². The van der Waals surface area contributed by atoms with Crippen molar-refractivity contribution in [3.8, 4) is 11.5 Å². The van der Waals surface area contributed by atoms with Gasteiger partial charge in [0.1, 0.15) is 0 Å². The van der Waals surface area contributed by atoms with E-state index in [4.69, 9.17) is 9.47 Å². The lowest BCUT2D eigenvalue weighted by Gasteiger charge is -2.37. The fourth-order valence-electron chi connectivity index (χ4n) is 3.98. The Morgan fingerprint density at radius 2 is 1.96 bits per heavy atom. The normalized spacial score (nSPS) is 17.7. The molecule has 1 aromatic heterocycles. The average Bonchev–Trinajstić information content (AvgIpc) is 2.72. The minimum absolute atomic E-state index is 0.596. The number of ether oxygens (including phenoxy) is 2. The molecule has 0 amide bonds. The largest absolute Gasteiger partial charge is 0.493 e. The quantitative estimate of drug-likeness (QED) is 0.697. The van der Waals surface area contributed by atoms with Crippen LogP contribution >= 0.6 is 0 Å². The number of methoxy groups -OCH3 is 2. The van der Waals surface area contributed by atoms with Crippen molar-refractivity contribution in [1.82, 2.24) is 14.8 Å². The molecule has 0 radical (unpaired) electrons. The molecule has 5 heteroatoms. The van der Waals surface area contributed by atoms with E-state index in [1.807, 2.05) is 6.07 Å². The number of piperidine rings is 1. The van der Waals surface area contributed by atoms with E-state index in [2.05, 4.69) is 59.1 Å². The third-order valence-electron chi connectivity index (χ3n) is 5.64. The Morgan fingerprint density at radius 3 is 2.71 bits per heavy atom. The lowest BCUT2D eigenvalue weighted by atomic mass is 10.0. The smallest absolute Gasteiger partial charge is 0.160 e. The average molecular weight is 384 g/mol. The summed E-state index contributed by atoms with van der Waals surface area (Å²) in [7, 11) is 5.61. The molecule has 2 heterocycles. The van der Waals surface area contributed by atoms with Crippen molar-refractivity contribution in [2.75, 3.05) is 40.9 Å². The van der Waals surface area contributed by atoms with Crippen LogP contribution in [0.5, 0.6) is 11.5 Å². The Hall–Kier alpha value is -2.11. The molecule has 3 rings (SSSR count). The lowest BCUT2D eigenvalue weighted by molar-refractivity contribution is 0.111. The van der Waals surface area contributed by atoms with Crippen LogP contribution in [0.3, 0.4) is 0 Å². The molecule has 28 heavy (non-hydrogen) atoms. The topological polar surface area (TPSA) is 37.8 Å². The highest BCUT2D eigenvalue weighted by Gasteiger charge is 2.23. The highest BCUT2D eigenvalue weighted by atomic mass is 16.5. The Kier molecular flexibility index (Phi) is 7.29. The second-order valence-electron chi connectivity index (χ2n) is 7.72. The van der Waals surface area contributed by atoms with Gasteiger partial charge >= 0.3 is 0 Å². The first kappa shape index (κ1) is 20.6. The first-order valence-electron chi connectivity index (χ1n) is 10.1. The van der Waals surface area contributed by atoms with Crippen LogP contribution in [0, 0.1) is 6.92 Å². The molecule has 0 bridgehead atoms. The van der Waals surface area contributed by atoms with Gasteiger partial charge in [0.15, 0.2) is 11.5 Å². The Labute approximate surface area is 169 Å². The van der Waals surface area contributed by atoms with Crippen LogP contribution in [0.1, 0.15) is 29.8 Å². The Bertz CT molecular complexity index is 765. The number of hydrogen-bond acceptors (Lipinski definition) is 5. The standard InChI is InChI=1S/C23H33N3O2/c1-18-7-5-8-20(24-18)16-26-13-6-9-21(17-26)25(2)14-12-19-10-11-22(27-3)23(15-19)28-4/h5,7-8,10-11,15,21H,6,9,12-14,16-17H2,1-4H3. The summed E-state index contributed by atoms with van der Waals surface area (Å²) in [5.74, 6) is 1.59. The highest BCUT2D eigenvalue weighted by Crippen LogP contribution is 2.28.